The third-order valence-corrected chi connectivity index (χ3v) is 1.80. The molecular formula is C9H15N3O. The lowest BCUT2D eigenvalue weighted by Crippen LogP contribution is -2.41. The second kappa shape index (κ2) is 3.30. The molecule has 0 aromatic carbocycles. The lowest BCUT2D eigenvalue weighted by Gasteiger charge is -2.14. The van der Waals surface area contributed by atoms with E-state index < -0.39 is 5.54 Å². The third kappa shape index (κ3) is 2.15. The fraction of sp³-hybridized carbons (Fsp3) is 0.556. The van der Waals surface area contributed by atoms with Crippen LogP contribution in [0.4, 0.5) is 0 Å². The van der Waals surface area contributed by atoms with Crippen LogP contribution >= 0.6 is 0 Å². The maximum absolute atomic E-state index is 11.6. The first-order chi connectivity index (χ1) is 5.95. The van der Waals surface area contributed by atoms with Gasteiger partial charge in [-0.05, 0) is 20.8 Å². The van der Waals surface area contributed by atoms with E-state index in [0.717, 1.165) is 6.54 Å². The van der Waals surface area contributed by atoms with Gasteiger partial charge in [-0.1, -0.05) is 0 Å². The van der Waals surface area contributed by atoms with Gasteiger partial charge in [-0.15, -0.1) is 0 Å². The maximum Gasteiger partial charge on any atom is 0.185 e. The summed E-state index contributed by atoms with van der Waals surface area (Å²) in [4.78, 5) is 11.6. The van der Waals surface area contributed by atoms with E-state index >= 15 is 0 Å². The van der Waals surface area contributed by atoms with E-state index in [2.05, 4.69) is 5.10 Å². The molecule has 0 aliphatic heterocycles. The number of aromatic nitrogens is 2. The molecule has 0 aliphatic rings. The van der Waals surface area contributed by atoms with Gasteiger partial charge in [-0.2, -0.15) is 5.10 Å². The van der Waals surface area contributed by atoms with Gasteiger partial charge in [0.15, 0.2) is 5.78 Å². The van der Waals surface area contributed by atoms with Crippen LogP contribution in [-0.2, 0) is 6.54 Å². The molecule has 0 spiro atoms. The third-order valence-electron chi connectivity index (χ3n) is 1.80. The van der Waals surface area contributed by atoms with Crippen LogP contribution in [0.1, 0.15) is 31.1 Å². The van der Waals surface area contributed by atoms with Gasteiger partial charge in [0.25, 0.3) is 0 Å². The van der Waals surface area contributed by atoms with E-state index in [1.54, 1.807) is 30.9 Å². The van der Waals surface area contributed by atoms with Crippen molar-refractivity contribution in [2.24, 2.45) is 5.73 Å². The number of carbonyl (C=O) groups is 1. The van der Waals surface area contributed by atoms with Gasteiger partial charge in [0, 0.05) is 12.7 Å². The van der Waals surface area contributed by atoms with Gasteiger partial charge in [0.1, 0.15) is 0 Å². The van der Waals surface area contributed by atoms with Gasteiger partial charge in [-0.25, -0.2) is 0 Å². The Morgan fingerprint density at radius 2 is 2.31 bits per heavy atom. The minimum Gasteiger partial charge on any atom is -0.319 e. The summed E-state index contributed by atoms with van der Waals surface area (Å²) in [6, 6.07) is 0. The summed E-state index contributed by atoms with van der Waals surface area (Å²) < 4.78 is 1.71. The van der Waals surface area contributed by atoms with Crippen molar-refractivity contribution < 1.29 is 4.79 Å². The van der Waals surface area contributed by atoms with Crippen LogP contribution in [0.2, 0.25) is 0 Å². The molecule has 0 unspecified atom stereocenters. The molecule has 0 bridgehead atoms. The molecule has 0 radical (unpaired) electrons. The summed E-state index contributed by atoms with van der Waals surface area (Å²) in [5.41, 5.74) is 5.44. The molecule has 1 heterocycles. The quantitative estimate of drug-likeness (QED) is 0.702. The molecule has 2 N–H and O–H groups in total. The maximum atomic E-state index is 11.6. The molecule has 0 saturated carbocycles. The van der Waals surface area contributed by atoms with Crippen molar-refractivity contribution in [2.45, 2.75) is 32.9 Å². The summed E-state index contributed by atoms with van der Waals surface area (Å²) in [5.74, 6) is -0.0767. The Labute approximate surface area is 77.7 Å². The van der Waals surface area contributed by atoms with Crippen molar-refractivity contribution in [3.05, 3.63) is 18.0 Å². The van der Waals surface area contributed by atoms with Gasteiger partial charge in [0.05, 0.1) is 17.3 Å². The van der Waals surface area contributed by atoms with Crippen LogP contribution in [0.25, 0.3) is 0 Å². The molecule has 0 amide bonds. The lowest BCUT2D eigenvalue weighted by atomic mass is 9.97. The van der Waals surface area contributed by atoms with Gasteiger partial charge >= 0.3 is 0 Å². The molecule has 0 aliphatic carbocycles. The first-order valence-corrected chi connectivity index (χ1v) is 4.31. The highest BCUT2D eigenvalue weighted by Gasteiger charge is 2.24. The Kier molecular flexibility index (Phi) is 2.52. The number of nitrogens with two attached hydrogens (primary N) is 1. The van der Waals surface area contributed by atoms with Crippen LogP contribution in [0.3, 0.4) is 0 Å². The van der Waals surface area contributed by atoms with Crippen LogP contribution in [0.5, 0.6) is 0 Å². The zero-order valence-electron chi connectivity index (χ0n) is 8.24. The van der Waals surface area contributed by atoms with E-state index in [1.165, 1.54) is 0 Å². The molecule has 0 atom stereocenters. The second-order valence-corrected chi connectivity index (χ2v) is 3.64. The van der Waals surface area contributed by atoms with Crippen molar-refractivity contribution in [2.75, 3.05) is 0 Å². The number of rotatable bonds is 3. The lowest BCUT2D eigenvalue weighted by molar-refractivity contribution is 0.0913. The molecule has 1 aromatic heterocycles. The Balaban J connectivity index is 2.90. The normalized spacial score (nSPS) is 11.7. The van der Waals surface area contributed by atoms with Crippen molar-refractivity contribution in [3.63, 3.8) is 0 Å². The van der Waals surface area contributed by atoms with E-state index in [-0.39, 0.29) is 5.78 Å². The fourth-order valence-electron chi connectivity index (χ4n) is 1.03. The Morgan fingerprint density at radius 1 is 1.69 bits per heavy atom. The number of hydrogen-bond acceptors (Lipinski definition) is 3. The smallest absolute Gasteiger partial charge is 0.185 e. The molecule has 13 heavy (non-hydrogen) atoms. The molecular weight excluding hydrogens is 166 g/mol. The second-order valence-electron chi connectivity index (χ2n) is 3.64. The average molecular weight is 181 g/mol. The van der Waals surface area contributed by atoms with Crippen molar-refractivity contribution in [3.8, 4) is 0 Å². The minimum absolute atomic E-state index is 0.0767. The van der Waals surface area contributed by atoms with E-state index in [9.17, 15) is 4.79 Å². The Bertz CT molecular complexity index is 309. The summed E-state index contributed by atoms with van der Waals surface area (Å²) in [7, 11) is 0. The predicted molar refractivity (Wildman–Crippen MR) is 50.5 cm³/mol. The summed E-state index contributed by atoms with van der Waals surface area (Å²) >= 11 is 0. The molecule has 1 rings (SSSR count). The highest BCUT2D eigenvalue weighted by molar-refractivity contribution is 6.02. The molecule has 4 nitrogen and oxygen atoms in total. The van der Waals surface area contributed by atoms with Crippen LogP contribution in [-0.4, -0.2) is 21.1 Å². The number of aryl methyl sites for hydroxylation is 1. The average Bonchev–Trinajstić information content (AvgIpc) is 2.48. The molecule has 72 valence electrons. The fourth-order valence-corrected chi connectivity index (χ4v) is 1.03. The topological polar surface area (TPSA) is 60.9 Å². The number of ketones is 1. The van der Waals surface area contributed by atoms with Gasteiger partial charge in [-0.3, -0.25) is 9.48 Å². The first-order valence-electron chi connectivity index (χ1n) is 4.31. The van der Waals surface area contributed by atoms with Crippen LogP contribution < -0.4 is 5.73 Å². The van der Waals surface area contributed by atoms with Gasteiger partial charge < -0.3 is 5.73 Å². The summed E-state index contributed by atoms with van der Waals surface area (Å²) in [6.45, 7) is 6.12. The van der Waals surface area contributed by atoms with Crippen LogP contribution in [0.15, 0.2) is 12.4 Å². The summed E-state index contributed by atoms with van der Waals surface area (Å²) in [6.07, 6.45) is 3.28. The zero-order chi connectivity index (χ0) is 10.1. The Morgan fingerprint density at radius 3 is 2.69 bits per heavy atom. The van der Waals surface area contributed by atoms with Gasteiger partial charge in [0.2, 0.25) is 0 Å². The first kappa shape index (κ1) is 9.92. The highest BCUT2D eigenvalue weighted by atomic mass is 16.1. The van der Waals surface area contributed by atoms with E-state index in [1.807, 2.05) is 6.92 Å². The molecule has 0 fully saturated rings. The Hall–Kier alpha value is -1.16. The predicted octanol–water partition coefficient (Wildman–Crippen LogP) is 0.823. The summed E-state index contributed by atoms with van der Waals surface area (Å²) in [5, 5.41) is 4.01. The highest BCUT2D eigenvalue weighted by Crippen LogP contribution is 2.09. The van der Waals surface area contributed by atoms with E-state index in [0.29, 0.717) is 5.56 Å². The monoisotopic (exact) mass is 181 g/mol. The van der Waals surface area contributed by atoms with Crippen molar-refractivity contribution >= 4 is 5.78 Å². The number of carbonyl (C=O) groups excluding carboxylic acids is 1. The van der Waals surface area contributed by atoms with Crippen molar-refractivity contribution in [1.29, 1.82) is 0 Å². The van der Waals surface area contributed by atoms with Crippen molar-refractivity contribution in [1.82, 2.24) is 9.78 Å². The molecule has 0 saturated heterocycles. The SMILES string of the molecule is CCn1cc(C(=O)C(C)(C)N)cn1. The van der Waals surface area contributed by atoms with E-state index in [4.69, 9.17) is 5.73 Å². The minimum atomic E-state index is -0.818. The number of nitrogens with zero attached hydrogens (tertiary/aromatic N) is 2. The number of hydrogen-bond donors (Lipinski definition) is 1. The van der Waals surface area contributed by atoms with Crippen LogP contribution in [0, 0.1) is 0 Å². The zero-order valence-corrected chi connectivity index (χ0v) is 8.24. The standard InChI is InChI=1S/C9H15N3O/c1-4-12-6-7(5-11-12)8(13)9(2,3)10/h5-6H,4,10H2,1-3H3. The molecule has 4 heteroatoms. The largest absolute Gasteiger partial charge is 0.319 e. The number of Topliss-reactive ketones (excluding diaryl/α,β-unsaturated/α-hetero) is 1. The molecule has 1 aromatic rings.